The predicted molar refractivity (Wildman–Crippen MR) is 139 cm³/mol. The summed E-state index contributed by atoms with van der Waals surface area (Å²) in [5, 5.41) is 1.84. The lowest BCUT2D eigenvalue weighted by Gasteiger charge is -2.21. The molecule has 0 saturated heterocycles. The van der Waals surface area contributed by atoms with Crippen LogP contribution in [-0.2, 0) is 9.53 Å². The van der Waals surface area contributed by atoms with Crippen molar-refractivity contribution in [1.29, 1.82) is 0 Å². The van der Waals surface area contributed by atoms with Gasteiger partial charge in [-0.25, -0.2) is 0 Å². The van der Waals surface area contributed by atoms with E-state index in [2.05, 4.69) is 0 Å². The Labute approximate surface area is 208 Å². The monoisotopic (exact) mass is 480 g/mol. The summed E-state index contributed by atoms with van der Waals surface area (Å²) in [5.74, 6) is -0.572. The van der Waals surface area contributed by atoms with Crippen LogP contribution >= 0.6 is 11.8 Å². The maximum Gasteiger partial charge on any atom is 0.316 e. The van der Waals surface area contributed by atoms with E-state index in [4.69, 9.17) is 4.74 Å². The van der Waals surface area contributed by atoms with Crippen molar-refractivity contribution in [2.24, 2.45) is 0 Å². The second-order valence-electron chi connectivity index (χ2n) is 8.84. The van der Waals surface area contributed by atoms with E-state index in [-0.39, 0.29) is 23.9 Å². The Kier molecular flexibility index (Phi) is 6.03. The maximum absolute atomic E-state index is 13.1. The van der Waals surface area contributed by atoms with E-state index in [1.54, 1.807) is 0 Å². The first-order valence-electron chi connectivity index (χ1n) is 11.4. The average molecular weight is 481 g/mol. The summed E-state index contributed by atoms with van der Waals surface area (Å²) >= 11 is 1.35. The molecule has 0 fully saturated rings. The number of ketones is 2. The fraction of sp³-hybridized carbons (Fsp3) is 0.167. The number of thioether (sulfide) groups is 1. The van der Waals surface area contributed by atoms with Crippen molar-refractivity contribution in [3.63, 3.8) is 0 Å². The van der Waals surface area contributed by atoms with Gasteiger partial charge in [0.2, 0.25) is 5.78 Å². The van der Waals surface area contributed by atoms with Gasteiger partial charge in [-0.3, -0.25) is 14.4 Å². The van der Waals surface area contributed by atoms with Crippen molar-refractivity contribution >= 4 is 40.1 Å². The lowest BCUT2D eigenvalue weighted by atomic mass is 9.83. The molecule has 4 aromatic carbocycles. The average Bonchev–Trinajstić information content (AvgIpc) is 2.86. The molecule has 0 N–H and O–H groups in total. The van der Waals surface area contributed by atoms with E-state index < -0.39 is 5.97 Å². The van der Waals surface area contributed by atoms with Gasteiger partial charge in [-0.2, -0.15) is 0 Å². The molecule has 0 spiro atoms. The van der Waals surface area contributed by atoms with Gasteiger partial charge in [-0.1, -0.05) is 54.6 Å². The van der Waals surface area contributed by atoms with E-state index >= 15 is 0 Å². The lowest BCUT2D eigenvalue weighted by molar-refractivity contribution is -0.139. The van der Waals surface area contributed by atoms with Crippen LogP contribution < -0.4 is 0 Å². The van der Waals surface area contributed by atoms with Crippen LogP contribution in [0, 0.1) is 20.8 Å². The van der Waals surface area contributed by atoms with Crippen molar-refractivity contribution in [2.45, 2.75) is 25.7 Å². The Balaban J connectivity index is 1.32. The Morgan fingerprint density at radius 3 is 2.29 bits per heavy atom. The largest absolute Gasteiger partial charge is 0.457 e. The molecule has 174 valence electrons. The van der Waals surface area contributed by atoms with Gasteiger partial charge in [-0.05, 0) is 66.1 Å². The molecule has 0 aliphatic heterocycles. The van der Waals surface area contributed by atoms with Crippen LogP contribution in [0.1, 0.15) is 43.0 Å². The van der Waals surface area contributed by atoms with Crippen LogP contribution in [0.3, 0.4) is 0 Å². The molecule has 0 heterocycles. The molecule has 5 heteroatoms. The van der Waals surface area contributed by atoms with Gasteiger partial charge in [0.05, 0.1) is 5.75 Å². The van der Waals surface area contributed by atoms with E-state index in [9.17, 15) is 14.4 Å². The Bertz CT molecular complexity index is 1530. The summed E-state index contributed by atoms with van der Waals surface area (Å²) in [6.07, 6.45) is 0. The number of aryl methyl sites for hydroxylation is 3. The zero-order chi connectivity index (χ0) is 24.7. The molecule has 0 saturated carbocycles. The number of fused-ring (bicyclic) bond motifs is 2. The molecule has 0 unspecified atom stereocenters. The fourth-order valence-corrected chi connectivity index (χ4v) is 5.49. The normalized spacial score (nSPS) is 11.9. The molecule has 1 aliphatic rings. The number of rotatable bonds is 6. The lowest BCUT2D eigenvalue weighted by Crippen LogP contribution is -2.16. The van der Waals surface area contributed by atoms with Crippen LogP contribution in [0.5, 0.6) is 0 Å². The van der Waals surface area contributed by atoms with E-state index in [1.807, 2.05) is 87.5 Å². The number of hydrogen-bond donors (Lipinski definition) is 0. The second kappa shape index (κ2) is 9.16. The third-order valence-corrected chi connectivity index (χ3v) is 7.61. The van der Waals surface area contributed by atoms with Gasteiger partial charge >= 0.3 is 5.97 Å². The standard InChI is InChI=1S/C30H24O4S/c1-17-13-19(3)25(14-18(17)2)26(31)15-34-28(32)16-35-27-12-11-21-20-7-4-5-8-22(20)30(33)24-10-6-9-23(27)29(21)24/h4-14H,15-16H2,1-3H3. The van der Waals surface area contributed by atoms with Gasteiger partial charge < -0.3 is 4.74 Å². The highest BCUT2D eigenvalue weighted by Crippen LogP contribution is 2.42. The summed E-state index contributed by atoms with van der Waals surface area (Å²) in [6, 6.07) is 21.2. The Morgan fingerprint density at radius 1 is 0.771 bits per heavy atom. The molecule has 35 heavy (non-hydrogen) atoms. The van der Waals surface area contributed by atoms with Gasteiger partial charge in [0.15, 0.2) is 12.4 Å². The number of hydrogen-bond acceptors (Lipinski definition) is 5. The van der Waals surface area contributed by atoms with E-state index in [0.29, 0.717) is 16.7 Å². The van der Waals surface area contributed by atoms with Crippen molar-refractivity contribution in [2.75, 3.05) is 12.4 Å². The van der Waals surface area contributed by atoms with Crippen LogP contribution in [0.25, 0.3) is 21.9 Å². The van der Waals surface area contributed by atoms with Crippen molar-refractivity contribution in [1.82, 2.24) is 0 Å². The number of carbonyl (C=O) groups excluding carboxylic acids is 3. The van der Waals surface area contributed by atoms with E-state index in [1.165, 1.54) is 11.8 Å². The number of ether oxygens (including phenoxy) is 1. The summed E-state index contributed by atoms with van der Waals surface area (Å²) in [5.41, 5.74) is 6.95. The van der Waals surface area contributed by atoms with Gasteiger partial charge in [0.25, 0.3) is 0 Å². The zero-order valence-electron chi connectivity index (χ0n) is 19.8. The van der Waals surface area contributed by atoms with Gasteiger partial charge in [0.1, 0.15) is 0 Å². The minimum atomic E-state index is -0.452. The highest BCUT2D eigenvalue weighted by molar-refractivity contribution is 8.00. The third kappa shape index (κ3) is 4.17. The molecule has 4 nitrogen and oxygen atoms in total. The topological polar surface area (TPSA) is 60.4 Å². The predicted octanol–water partition coefficient (Wildman–Crippen LogP) is 6.49. The van der Waals surface area contributed by atoms with Crippen LogP contribution in [0.4, 0.5) is 0 Å². The van der Waals surface area contributed by atoms with Crippen LogP contribution in [0.2, 0.25) is 0 Å². The number of Topliss-reactive ketones (excluding diaryl/α,β-unsaturated/α-hetero) is 1. The quantitative estimate of drug-likeness (QED) is 0.158. The fourth-order valence-electron chi connectivity index (χ4n) is 4.64. The Morgan fingerprint density at radius 2 is 1.49 bits per heavy atom. The zero-order valence-corrected chi connectivity index (χ0v) is 20.6. The third-order valence-electron chi connectivity index (χ3n) is 6.56. The minimum Gasteiger partial charge on any atom is -0.457 e. The summed E-state index contributed by atoms with van der Waals surface area (Å²) in [7, 11) is 0. The van der Waals surface area contributed by atoms with Crippen molar-refractivity contribution < 1.29 is 19.1 Å². The van der Waals surface area contributed by atoms with Crippen molar-refractivity contribution in [3.8, 4) is 11.1 Å². The summed E-state index contributed by atoms with van der Waals surface area (Å²) in [4.78, 5) is 39.1. The molecule has 0 aromatic heterocycles. The minimum absolute atomic E-state index is 0.0143. The smallest absolute Gasteiger partial charge is 0.316 e. The first-order valence-corrected chi connectivity index (χ1v) is 12.4. The molecule has 4 aromatic rings. The molecular formula is C30H24O4S. The highest BCUT2D eigenvalue weighted by atomic mass is 32.2. The summed E-state index contributed by atoms with van der Waals surface area (Å²) < 4.78 is 5.30. The number of esters is 1. The molecule has 1 aliphatic carbocycles. The molecule has 0 atom stereocenters. The van der Waals surface area contributed by atoms with Crippen molar-refractivity contribution in [3.05, 3.63) is 100 Å². The van der Waals surface area contributed by atoms with E-state index in [0.717, 1.165) is 43.5 Å². The summed E-state index contributed by atoms with van der Waals surface area (Å²) in [6.45, 7) is 5.57. The SMILES string of the molecule is Cc1cc(C)c(C(=O)COC(=O)CSc2ccc3c4c(cccc24)C(=O)c2ccccc2-3)cc1C. The second-order valence-corrected chi connectivity index (χ2v) is 9.86. The molecule has 5 rings (SSSR count). The van der Waals surface area contributed by atoms with Crippen LogP contribution in [-0.4, -0.2) is 29.9 Å². The number of carbonyl (C=O) groups is 3. The van der Waals surface area contributed by atoms with Crippen LogP contribution in [0.15, 0.2) is 71.6 Å². The van der Waals surface area contributed by atoms with Gasteiger partial charge in [-0.15, -0.1) is 11.8 Å². The molecular weight excluding hydrogens is 456 g/mol. The van der Waals surface area contributed by atoms with Gasteiger partial charge in [0, 0.05) is 27.0 Å². The first kappa shape index (κ1) is 23.1. The molecule has 0 bridgehead atoms. The Hall–Kier alpha value is -3.70. The highest BCUT2D eigenvalue weighted by Gasteiger charge is 2.25. The molecule has 0 amide bonds. The maximum atomic E-state index is 13.1. The first-order chi connectivity index (χ1) is 16.8. The number of benzene rings is 4. The molecule has 0 radical (unpaired) electrons.